The summed E-state index contributed by atoms with van der Waals surface area (Å²) in [4.78, 5) is 34.6. The fourth-order valence-electron chi connectivity index (χ4n) is 1.82. The summed E-state index contributed by atoms with van der Waals surface area (Å²) in [7, 11) is 0. The van der Waals surface area contributed by atoms with E-state index in [9.17, 15) is 19.7 Å². The van der Waals surface area contributed by atoms with Crippen molar-refractivity contribution < 1.29 is 19.6 Å². The van der Waals surface area contributed by atoms with Gasteiger partial charge in [-0.15, -0.1) is 11.8 Å². The largest absolute Gasteiger partial charge is 0.480 e. The fourth-order valence-corrected chi connectivity index (χ4v) is 2.96. The summed E-state index contributed by atoms with van der Waals surface area (Å²) >= 11 is 1.31. The van der Waals surface area contributed by atoms with E-state index in [1.54, 1.807) is 0 Å². The highest BCUT2D eigenvalue weighted by Crippen LogP contribution is 2.26. The van der Waals surface area contributed by atoms with Gasteiger partial charge in [-0.3, -0.25) is 14.9 Å². The molecule has 7 nitrogen and oxygen atoms in total. The van der Waals surface area contributed by atoms with E-state index in [1.165, 1.54) is 36.0 Å². The van der Waals surface area contributed by atoms with Crippen molar-refractivity contribution in [1.29, 1.82) is 0 Å². The lowest BCUT2D eigenvalue weighted by Gasteiger charge is -2.20. The molecule has 0 saturated carbocycles. The number of hydrogen-bond donors (Lipinski definition) is 1. The summed E-state index contributed by atoms with van der Waals surface area (Å²) < 4.78 is 0. The number of amides is 1. The molecule has 19 heavy (non-hydrogen) atoms. The lowest BCUT2D eigenvalue weighted by atomic mass is 10.1. The van der Waals surface area contributed by atoms with Gasteiger partial charge in [0.2, 0.25) is 0 Å². The highest BCUT2D eigenvalue weighted by Gasteiger charge is 2.37. The van der Waals surface area contributed by atoms with Crippen LogP contribution in [0.4, 0.5) is 5.69 Å². The summed E-state index contributed by atoms with van der Waals surface area (Å²) in [6, 6.07) is 4.60. The van der Waals surface area contributed by atoms with Crippen molar-refractivity contribution in [3.05, 3.63) is 39.9 Å². The number of carbonyl (C=O) groups is 2. The van der Waals surface area contributed by atoms with Gasteiger partial charge in [-0.05, 0) is 6.07 Å². The summed E-state index contributed by atoms with van der Waals surface area (Å²) in [5.41, 5.74) is -0.394. The molecule has 1 heterocycles. The first-order valence-corrected chi connectivity index (χ1v) is 6.52. The molecule has 0 aromatic heterocycles. The molecular formula is C11H10N2O5S. The van der Waals surface area contributed by atoms with Gasteiger partial charge < -0.3 is 10.0 Å². The maximum Gasteiger partial charge on any atom is 0.327 e. The zero-order chi connectivity index (χ0) is 14.0. The number of carboxylic acid groups (broad SMARTS) is 1. The van der Waals surface area contributed by atoms with Crippen molar-refractivity contribution in [1.82, 2.24) is 4.90 Å². The quantitative estimate of drug-likeness (QED) is 0.660. The zero-order valence-electron chi connectivity index (χ0n) is 9.68. The molecule has 0 bridgehead atoms. The molecule has 1 atom stereocenters. The minimum atomic E-state index is -1.10. The van der Waals surface area contributed by atoms with Crippen molar-refractivity contribution in [3.63, 3.8) is 0 Å². The van der Waals surface area contributed by atoms with Crippen LogP contribution < -0.4 is 0 Å². The Balaban J connectivity index is 2.34. The van der Waals surface area contributed by atoms with E-state index in [-0.39, 0.29) is 17.1 Å². The number of rotatable bonds is 3. The lowest BCUT2D eigenvalue weighted by Crippen LogP contribution is -2.41. The average Bonchev–Trinajstić information content (AvgIpc) is 2.87. The number of nitro groups is 1. The van der Waals surface area contributed by atoms with Crippen LogP contribution in [0.1, 0.15) is 10.4 Å². The standard InChI is InChI=1S/C11H10N2O5S/c14-10(12-6-19-5-9(12)11(15)16)7-3-1-2-4-8(7)13(17)18/h1-4,9H,5-6H2,(H,15,16)/t9-/m0/s1. The number of para-hydroxylation sites is 1. The predicted molar refractivity (Wildman–Crippen MR) is 68.0 cm³/mol. The molecular weight excluding hydrogens is 272 g/mol. The second-order valence-electron chi connectivity index (χ2n) is 3.90. The van der Waals surface area contributed by atoms with Gasteiger partial charge in [-0.2, -0.15) is 0 Å². The van der Waals surface area contributed by atoms with Crippen LogP contribution in [-0.4, -0.2) is 44.5 Å². The van der Waals surface area contributed by atoms with Crippen LogP contribution in [0.15, 0.2) is 24.3 Å². The third kappa shape index (κ3) is 2.53. The van der Waals surface area contributed by atoms with Gasteiger partial charge >= 0.3 is 5.97 Å². The van der Waals surface area contributed by atoms with E-state index < -0.39 is 22.8 Å². The Morgan fingerprint density at radius 1 is 1.42 bits per heavy atom. The molecule has 0 unspecified atom stereocenters. The molecule has 1 amide bonds. The van der Waals surface area contributed by atoms with Crippen LogP contribution in [0.2, 0.25) is 0 Å². The summed E-state index contributed by atoms with van der Waals surface area (Å²) in [5, 5.41) is 19.9. The molecule has 1 N–H and O–H groups in total. The lowest BCUT2D eigenvalue weighted by molar-refractivity contribution is -0.385. The normalized spacial score (nSPS) is 18.3. The number of nitro benzene ring substituents is 1. The minimum absolute atomic E-state index is 0.0822. The summed E-state index contributed by atoms with van der Waals surface area (Å²) in [6.45, 7) is 0. The van der Waals surface area contributed by atoms with Gasteiger partial charge in [0, 0.05) is 11.8 Å². The van der Waals surface area contributed by atoms with Crippen LogP contribution in [0.3, 0.4) is 0 Å². The van der Waals surface area contributed by atoms with E-state index in [2.05, 4.69) is 0 Å². The second kappa shape index (κ2) is 5.27. The number of aliphatic carboxylic acids is 1. The summed E-state index contributed by atoms with van der Waals surface area (Å²) in [5.74, 6) is -1.20. The Bertz CT molecular complexity index is 548. The number of carbonyl (C=O) groups excluding carboxylic acids is 1. The number of carboxylic acids is 1. The van der Waals surface area contributed by atoms with Crippen LogP contribution in [-0.2, 0) is 4.79 Å². The minimum Gasteiger partial charge on any atom is -0.480 e. The summed E-state index contributed by atoms with van der Waals surface area (Å²) in [6.07, 6.45) is 0. The maximum atomic E-state index is 12.2. The van der Waals surface area contributed by atoms with Crippen LogP contribution >= 0.6 is 11.8 Å². The number of benzene rings is 1. The first kappa shape index (κ1) is 13.3. The molecule has 1 aromatic carbocycles. The molecule has 1 aromatic rings. The van der Waals surface area contributed by atoms with Gasteiger partial charge in [-0.1, -0.05) is 12.1 Å². The predicted octanol–water partition coefficient (Wildman–Crippen LogP) is 1.19. The van der Waals surface area contributed by atoms with Gasteiger partial charge in [0.05, 0.1) is 10.8 Å². The Kier molecular flexibility index (Phi) is 3.70. The van der Waals surface area contributed by atoms with Crippen molar-refractivity contribution in [2.45, 2.75) is 6.04 Å². The van der Waals surface area contributed by atoms with Crippen molar-refractivity contribution in [2.75, 3.05) is 11.6 Å². The SMILES string of the molecule is O=C(O)[C@@H]1CSCN1C(=O)c1ccccc1[N+](=O)[O-]. The van der Waals surface area contributed by atoms with Crippen molar-refractivity contribution in [2.24, 2.45) is 0 Å². The molecule has 0 radical (unpaired) electrons. The van der Waals surface area contributed by atoms with Gasteiger partial charge in [0.1, 0.15) is 11.6 Å². The van der Waals surface area contributed by atoms with Gasteiger partial charge in [0.15, 0.2) is 0 Å². The highest BCUT2D eigenvalue weighted by molar-refractivity contribution is 7.99. The fraction of sp³-hybridized carbons (Fsp3) is 0.273. The van der Waals surface area contributed by atoms with Crippen molar-refractivity contribution >= 4 is 29.3 Å². The number of hydrogen-bond acceptors (Lipinski definition) is 5. The molecule has 8 heteroatoms. The second-order valence-corrected chi connectivity index (χ2v) is 4.90. The molecule has 100 valence electrons. The Hall–Kier alpha value is -2.09. The third-order valence-corrected chi connectivity index (χ3v) is 3.77. The first-order chi connectivity index (χ1) is 9.02. The maximum absolute atomic E-state index is 12.2. The highest BCUT2D eigenvalue weighted by atomic mass is 32.2. The van der Waals surface area contributed by atoms with Crippen LogP contribution in [0, 0.1) is 10.1 Å². The molecule has 2 rings (SSSR count). The molecule has 0 spiro atoms. The Labute approximate surface area is 112 Å². The van der Waals surface area contributed by atoms with Crippen LogP contribution in [0.25, 0.3) is 0 Å². The molecule has 1 aliphatic rings. The third-order valence-electron chi connectivity index (χ3n) is 2.76. The van der Waals surface area contributed by atoms with E-state index in [0.29, 0.717) is 5.75 Å². The van der Waals surface area contributed by atoms with E-state index >= 15 is 0 Å². The van der Waals surface area contributed by atoms with Gasteiger partial charge in [0.25, 0.3) is 11.6 Å². The van der Waals surface area contributed by atoms with Gasteiger partial charge in [-0.25, -0.2) is 4.79 Å². The first-order valence-electron chi connectivity index (χ1n) is 5.37. The van der Waals surface area contributed by atoms with Crippen molar-refractivity contribution in [3.8, 4) is 0 Å². The number of thioether (sulfide) groups is 1. The molecule has 1 saturated heterocycles. The van der Waals surface area contributed by atoms with Crippen LogP contribution in [0.5, 0.6) is 0 Å². The average molecular weight is 282 g/mol. The van der Waals surface area contributed by atoms with E-state index in [0.717, 1.165) is 4.90 Å². The number of nitrogens with zero attached hydrogens (tertiary/aromatic N) is 2. The molecule has 0 aliphatic carbocycles. The van der Waals surface area contributed by atoms with E-state index in [1.807, 2.05) is 0 Å². The smallest absolute Gasteiger partial charge is 0.327 e. The monoisotopic (exact) mass is 282 g/mol. The topological polar surface area (TPSA) is 101 Å². The molecule has 1 aliphatic heterocycles. The van der Waals surface area contributed by atoms with E-state index in [4.69, 9.17) is 5.11 Å². The Morgan fingerprint density at radius 3 is 2.74 bits per heavy atom. The Morgan fingerprint density at radius 2 is 2.11 bits per heavy atom. The zero-order valence-corrected chi connectivity index (χ0v) is 10.5. The molecule has 1 fully saturated rings.